The van der Waals surface area contributed by atoms with Crippen molar-refractivity contribution in [1.82, 2.24) is 5.32 Å². The maximum absolute atomic E-state index is 11.9. The zero-order valence-electron chi connectivity index (χ0n) is 9.38. The van der Waals surface area contributed by atoms with Gasteiger partial charge in [-0.15, -0.1) is 0 Å². The van der Waals surface area contributed by atoms with E-state index in [1.807, 2.05) is 0 Å². The van der Waals surface area contributed by atoms with Crippen LogP contribution in [0.25, 0.3) is 0 Å². The van der Waals surface area contributed by atoms with Gasteiger partial charge in [-0.05, 0) is 12.1 Å². The molecule has 18 heavy (non-hydrogen) atoms. The molecule has 0 aromatic heterocycles. The average Bonchev–Trinajstić information content (AvgIpc) is 2.34. The molecule has 0 fully saturated rings. The molecule has 1 aromatic rings. The van der Waals surface area contributed by atoms with Crippen molar-refractivity contribution in [3.8, 4) is 5.75 Å². The second kappa shape index (κ2) is 5.52. The summed E-state index contributed by atoms with van der Waals surface area (Å²) >= 11 is 0. The lowest BCUT2D eigenvalue weighted by molar-refractivity contribution is -0.173. The minimum atomic E-state index is -5.00. The Balaban J connectivity index is 2.69. The van der Waals surface area contributed by atoms with Crippen LogP contribution in [0.5, 0.6) is 5.75 Å². The van der Waals surface area contributed by atoms with Gasteiger partial charge in [0.2, 0.25) is 0 Å². The maximum Gasteiger partial charge on any atom is 0.471 e. The molecule has 1 amide bonds. The van der Waals surface area contributed by atoms with Gasteiger partial charge in [-0.25, -0.2) is 0 Å². The Hall–Kier alpha value is -2.05. The van der Waals surface area contributed by atoms with E-state index < -0.39 is 24.4 Å². The molecule has 1 N–H and O–H groups in total. The number of halogens is 3. The monoisotopic (exact) mass is 261 g/mol. The number of ether oxygens (including phenoxy) is 1. The Morgan fingerprint density at radius 2 is 1.89 bits per heavy atom. The van der Waals surface area contributed by atoms with E-state index in [4.69, 9.17) is 4.74 Å². The van der Waals surface area contributed by atoms with Crippen LogP contribution in [0.4, 0.5) is 13.2 Å². The van der Waals surface area contributed by atoms with Gasteiger partial charge in [0.1, 0.15) is 5.75 Å². The molecule has 0 saturated carbocycles. The molecule has 4 nitrogen and oxygen atoms in total. The number of Topliss-reactive ketones (excluding diaryl/α,β-unsaturated/α-hetero) is 1. The number of hydrogen-bond donors (Lipinski definition) is 1. The standard InChI is InChI=1S/C11H10F3NO3/c1-18-9-5-3-2-4-7(9)8(16)6-15-10(17)11(12,13)14/h2-5H,6H2,1H3,(H,15,17). The van der Waals surface area contributed by atoms with Crippen LogP contribution in [-0.4, -0.2) is 31.5 Å². The van der Waals surface area contributed by atoms with Crippen molar-refractivity contribution in [2.24, 2.45) is 0 Å². The molecule has 0 aliphatic carbocycles. The summed E-state index contributed by atoms with van der Waals surface area (Å²) in [7, 11) is 1.33. The fourth-order valence-electron chi connectivity index (χ4n) is 1.23. The summed E-state index contributed by atoms with van der Waals surface area (Å²) in [4.78, 5) is 22.1. The quantitative estimate of drug-likeness (QED) is 0.837. The van der Waals surface area contributed by atoms with Crippen molar-refractivity contribution in [3.05, 3.63) is 29.8 Å². The number of carbonyl (C=O) groups excluding carboxylic acids is 2. The average molecular weight is 261 g/mol. The van der Waals surface area contributed by atoms with Gasteiger partial charge in [-0.2, -0.15) is 13.2 Å². The van der Waals surface area contributed by atoms with E-state index in [2.05, 4.69) is 0 Å². The van der Waals surface area contributed by atoms with Crippen molar-refractivity contribution < 1.29 is 27.5 Å². The lowest BCUT2D eigenvalue weighted by Gasteiger charge is -2.09. The number of ketones is 1. The Kier molecular flexibility index (Phi) is 4.30. The predicted molar refractivity (Wildman–Crippen MR) is 56.4 cm³/mol. The molecule has 0 atom stereocenters. The van der Waals surface area contributed by atoms with Gasteiger partial charge in [0.25, 0.3) is 0 Å². The molecule has 0 aliphatic heterocycles. The lowest BCUT2D eigenvalue weighted by atomic mass is 10.1. The summed E-state index contributed by atoms with van der Waals surface area (Å²) in [6.07, 6.45) is -5.00. The number of amides is 1. The second-order valence-electron chi connectivity index (χ2n) is 3.30. The van der Waals surface area contributed by atoms with Gasteiger partial charge >= 0.3 is 12.1 Å². The van der Waals surface area contributed by atoms with Crippen molar-refractivity contribution in [2.45, 2.75) is 6.18 Å². The minimum Gasteiger partial charge on any atom is -0.496 e. The van der Waals surface area contributed by atoms with E-state index in [1.165, 1.54) is 24.6 Å². The third-order valence-electron chi connectivity index (χ3n) is 2.07. The number of alkyl halides is 3. The number of benzene rings is 1. The Morgan fingerprint density at radius 3 is 2.44 bits per heavy atom. The van der Waals surface area contributed by atoms with E-state index in [-0.39, 0.29) is 11.3 Å². The highest BCUT2D eigenvalue weighted by molar-refractivity contribution is 6.01. The van der Waals surface area contributed by atoms with E-state index in [0.717, 1.165) is 0 Å². The second-order valence-corrected chi connectivity index (χ2v) is 3.30. The molecular weight excluding hydrogens is 251 g/mol. The zero-order valence-corrected chi connectivity index (χ0v) is 9.38. The Labute approximate surface area is 101 Å². The fraction of sp³-hybridized carbons (Fsp3) is 0.273. The van der Waals surface area contributed by atoms with Gasteiger partial charge in [0, 0.05) is 0 Å². The predicted octanol–water partition coefficient (Wildman–Crippen LogP) is 1.56. The highest BCUT2D eigenvalue weighted by atomic mass is 19.4. The minimum absolute atomic E-state index is 0.113. The van der Waals surface area contributed by atoms with Crippen LogP contribution in [-0.2, 0) is 4.79 Å². The van der Waals surface area contributed by atoms with Crippen molar-refractivity contribution in [2.75, 3.05) is 13.7 Å². The molecule has 0 heterocycles. The number of nitrogens with one attached hydrogen (secondary N) is 1. The Bertz CT molecular complexity index is 457. The molecule has 0 spiro atoms. The molecule has 0 radical (unpaired) electrons. The summed E-state index contributed by atoms with van der Waals surface area (Å²) in [5.41, 5.74) is 0.113. The maximum atomic E-state index is 11.9. The number of para-hydroxylation sites is 1. The number of hydrogen-bond acceptors (Lipinski definition) is 3. The van der Waals surface area contributed by atoms with Crippen molar-refractivity contribution >= 4 is 11.7 Å². The van der Waals surface area contributed by atoms with Crippen LogP contribution in [0.2, 0.25) is 0 Å². The first-order chi connectivity index (χ1) is 8.36. The number of rotatable bonds is 4. The van der Waals surface area contributed by atoms with E-state index >= 15 is 0 Å². The molecular formula is C11H10F3NO3. The van der Waals surface area contributed by atoms with Crippen LogP contribution in [0.1, 0.15) is 10.4 Å². The smallest absolute Gasteiger partial charge is 0.471 e. The molecule has 1 aromatic carbocycles. The van der Waals surface area contributed by atoms with Gasteiger partial charge in [0.15, 0.2) is 5.78 Å². The van der Waals surface area contributed by atoms with E-state index in [1.54, 1.807) is 12.1 Å². The van der Waals surface area contributed by atoms with Crippen LogP contribution in [0.3, 0.4) is 0 Å². The third-order valence-corrected chi connectivity index (χ3v) is 2.07. The van der Waals surface area contributed by atoms with Gasteiger partial charge < -0.3 is 10.1 Å². The van der Waals surface area contributed by atoms with Gasteiger partial charge in [-0.3, -0.25) is 9.59 Å². The first-order valence-electron chi connectivity index (χ1n) is 4.87. The summed E-state index contributed by atoms with van der Waals surface area (Å²) in [6, 6.07) is 6.06. The van der Waals surface area contributed by atoms with Crippen LogP contribution >= 0.6 is 0 Å². The number of methoxy groups -OCH3 is 1. The molecule has 0 saturated heterocycles. The molecule has 98 valence electrons. The summed E-state index contributed by atoms with van der Waals surface area (Å²) < 4.78 is 40.6. The van der Waals surface area contributed by atoms with Crippen LogP contribution in [0.15, 0.2) is 24.3 Å². The van der Waals surface area contributed by atoms with Crippen molar-refractivity contribution in [1.29, 1.82) is 0 Å². The van der Waals surface area contributed by atoms with Crippen LogP contribution in [0, 0.1) is 0 Å². The SMILES string of the molecule is COc1ccccc1C(=O)CNC(=O)C(F)(F)F. The van der Waals surface area contributed by atoms with Crippen molar-refractivity contribution in [3.63, 3.8) is 0 Å². The normalized spacial score (nSPS) is 10.9. The molecule has 7 heteroatoms. The first kappa shape index (κ1) is 14.0. The molecule has 0 unspecified atom stereocenters. The highest BCUT2D eigenvalue weighted by Crippen LogP contribution is 2.18. The van der Waals surface area contributed by atoms with E-state index in [9.17, 15) is 22.8 Å². The summed E-state index contributed by atoms with van der Waals surface area (Å²) in [5, 5.41) is 1.50. The first-order valence-corrected chi connectivity index (χ1v) is 4.87. The molecule has 1 rings (SSSR count). The van der Waals surface area contributed by atoms with Gasteiger partial charge in [-0.1, -0.05) is 12.1 Å². The summed E-state index contributed by atoms with van der Waals surface area (Å²) in [6.45, 7) is -0.737. The largest absolute Gasteiger partial charge is 0.496 e. The third kappa shape index (κ3) is 3.47. The summed E-state index contributed by atoms with van der Waals surface area (Å²) in [5.74, 6) is -2.57. The number of carbonyl (C=O) groups is 2. The van der Waals surface area contributed by atoms with Crippen LogP contribution < -0.4 is 10.1 Å². The zero-order chi connectivity index (χ0) is 13.8. The molecule has 0 bridgehead atoms. The Morgan fingerprint density at radius 1 is 1.28 bits per heavy atom. The fourth-order valence-corrected chi connectivity index (χ4v) is 1.23. The van der Waals surface area contributed by atoms with E-state index in [0.29, 0.717) is 0 Å². The topological polar surface area (TPSA) is 55.4 Å². The van der Waals surface area contributed by atoms with Gasteiger partial charge in [0.05, 0.1) is 19.2 Å². The highest BCUT2D eigenvalue weighted by Gasteiger charge is 2.38. The lowest BCUT2D eigenvalue weighted by Crippen LogP contribution is -2.39. The molecule has 0 aliphatic rings.